The van der Waals surface area contributed by atoms with E-state index >= 15 is 0 Å². The molecule has 0 radical (unpaired) electrons. The fourth-order valence-electron chi connectivity index (χ4n) is 0. The van der Waals surface area contributed by atoms with E-state index in [9.17, 15) is 0 Å². The van der Waals surface area contributed by atoms with Crippen LogP contribution in [0.25, 0.3) is 0 Å². The summed E-state index contributed by atoms with van der Waals surface area (Å²) in [5.41, 5.74) is 0. The molecular weight excluding hydrogens is 287 g/mol. The Bertz CT molecular complexity index is 192. The molecule has 11 heavy (non-hydrogen) atoms. The Kier molecular flexibility index (Phi) is 9.98. The Labute approximate surface area is 76.3 Å². The molecule has 0 amide bonds. The zero-order chi connectivity index (χ0) is 9.00. The van der Waals surface area contributed by atoms with Gasteiger partial charge in [-0.05, 0) is 0 Å². The maximum absolute atomic E-state index is 8.88. The van der Waals surface area contributed by atoms with Gasteiger partial charge >= 0.3 is 18.2 Å². The average molecular weight is 292 g/mol. The Balaban J connectivity index is -0.000000107. The van der Waals surface area contributed by atoms with Crippen LogP contribution in [-0.4, -0.2) is 32.2 Å². The van der Waals surface area contributed by atoms with E-state index in [1.54, 1.807) is 0 Å². The van der Waals surface area contributed by atoms with Crippen molar-refractivity contribution in [3.8, 4) is 0 Å². The van der Waals surface area contributed by atoms with Crippen LogP contribution in [0.5, 0.6) is 0 Å². The largest absolute Gasteiger partial charge is 0.466 e. The Hall–Kier alpha value is 0.668. The van der Waals surface area contributed by atoms with Gasteiger partial charge in [-0.1, -0.05) is 0 Å². The van der Waals surface area contributed by atoms with E-state index in [2.05, 4.69) is 0 Å². The summed E-state index contributed by atoms with van der Waals surface area (Å²) in [7, 11) is -9.31. The first-order valence-electron chi connectivity index (χ1n) is 1.48. The predicted molar refractivity (Wildman–Crippen MR) is 28.4 cm³/mol. The normalized spacial score (nSPS) is 10.6. The average Bonchev–Trinajstić information content (AvgIpc) is 1.12. The third kappa shape index (κ3) is 1790. The summed E-state index contributed by atoms with van der Waals surface area (Å²) in [5.74, 6) is 0. The summed E-state index contributed by atoms with van der Waals surface area (Å²) in [6.07, 6.45) is 0. The van der Waals surface area contributed by atoms with E-state index in [1.165, 1.54) is 0 Å². The molecule has 0 aromatic rings. The molecule has 0 aliphatic heterocycles. The SMILES string of the molecule is O=P(O)(O)O.O=S(=O)(O)O.[Mo]. The number of hydrogen-bond donors (Lipinski definition) is 5. The van der Waals surface area contributed by atoms with Crippen molar-refractivity contribution in [2.45, 2.75) is 0 Å². The van der Waals surface area contributed by atoms with Gasteiger partial charge in [-0.2, -0.15) is 8.42 Å². The van der Waals surface area contributed by atoms with Crippen molar-refractivity contribution in [1.29, 1.82) is 0 Å². The summed E-state index contributed by atoms with van der Waals surface area (Å²) < 4.78 is 40.5. The molecule has 0 aliphatic rings. The van der Waals surface area contributed by atoms with Crippen LogP contribution in [0.2, 0.25) is 0 Å². The summed E-state index contributed by atoms with van der Waals surface area (Å²) >= 11 is 0. The van der Waals surface area contributed by atoms with Crippen molar-refractivity contribution in [3.63, 3.8) is 0 Å². The molecule has 0 saturated heterocycles. The zero-order valence-electron chi connectivity index (χ0n) is 4.72. The molecule has 0 bridgehead atoms. The molecule has 0 aromatic carbocycles. The second-order valence-electron chi connectivity index (χ2n) is 0.961. The van der Waals surface area contributed by atoms with Crippen LogP contribution in [0.4, 0.5) is 0 Å². The topological polar surface area (TPSA) is 152 Å². The minimum absolute atomic E-state index is 0. The van der Waals surface area contributed by atoms with Gasteiger partial charge < -0.3 is 14.7 Å². The van der Waals surface area contributed by atoms with E-state index in [-0.39, 0.29) is 21.1 Å². The van der Waals surface area contributed by atoms with Crippen molar-refractivity contribution >= 4 is 18.2 Å². The molecule has 5 N–H and O–H groups in total. The van der Waals surface area contributed by atoms with Crippen LogP contribution in [0, 0.1) is 0 Å². The van der Waals surface area contributed by atoms with Gasteiger partial charge in [0.25, 0.3) is 0 Å². The van der Waals surface area contributed by atoms with Crippen molar-refractivity contribution in [1.82, 2.24) is 0 Å². The second-order valence-corrected chi connectivity index (χ2v) is 2.88. The molecule has 8 nitrogen and oxygen atoms in total. The van der Waals surface area contributed by atoms with Crippen LogP contribution in [0.15, 0.2) is 0 Å². The first kappa shape index (κ1) is 17.7. The predicted octanol–water partition coefficient (Wildman–Crippen LogP) is -1.58. The monoisotopic (exact) mass is 294 g/mol. The molecule has 0 aromatic heterocycles. The number of phosphoric acid groups is 1. The maximum Gasteiger partial charge on any atom is 0.466 e. The smallest absolute Gasteiger partial charge is 0.303 e. The van der Waals surface area contributed by atoms with Crippen LogP contribution < -0.4 is 0 Å². The first-order valence-corrected chi connectivity index (χ1v) is 4.44. The molecule has 0 spiro atoms. The summed E-state index contributed by atoms with van der Waals surface area (Å²) in [6, 6.07) is 0. The summed E-state index contributed by atoms with van der Waals surface area (Å²) in [6.45, 7) is 0. The van der Waals surface area contributed by atoms with Crippen molar-refractivity contribution in [3.05, 3.63) is 0 Å². The van der Waals surface area contributed by atoms with Gasteiger partial charge in [0.2, 0.25) is 0 Å². The van der Waals surface area contributed by atoms with E-state index in [0.717, 1.165) is 0 Å². The molecule has 0 fully saturated rings. The molecule has 0 heterocycles. The first-order chi connectivity index (χ1) is 4.00. The standard InChI is InChI=1S/Mo.H3O4P.H2O4S/c;2*1-5(2,3)4/h;(H3,1,2,3,4);(H2,1,2,3,4). The number of rotatable bonds is 0. The molecular formula is H5MoO8PS. The third-order valence-electron chi connectivity index (χ3n) is 0. The van der Waals surface area contributed by atoms with Gasteiger partial charge in [0.1, 0.15) is 0 Å². The van der Waals surface area contributed by atoms with Crippen LogP contribution in [0.1, 0.15) is 0 Å². The van der Waals surface area contributed by atoms with Gasteiger partial charge in [-0.15, -0.1) is 0 Å². The Morgan fingerprint density at radius 2 is 1.00 bits per heavy atom. The molecule has 70 valence electrons. The van der Waals surface area contributed by atoms with Gasteiger partial charge in [0.15, 0.2) is 0 Å². The minimum Gasteiger partial charge on any atom is -0.303 e. The summed E-state index contributed by atoms with van der Waals surface area (Å²) in [5, 5.41) is 0. The summed E-state index contributed by atoms with van der Waals surface area (Å²) in [4.78, 5) is 21.6. The fraction of sp³-hybridized carbons (Fsp3) is 0. The van der Waals surface area contributed by atoms with E-state index in [0.29, 0.717) is 0 Å². The van der Waals surface area contributed by atoms with Crippen LogP contribution >= 0.6 is 7.82 Å². The van der Waals surface area contributed by atoms with Crippen molar-refractivity contribution in [2.24, 2.45) is 0 Å². The Morgan fingerprint density at radius 3 is 1.00 bits per heavy atom. The van der Waals surface area contributed by atoms with Crippen LogP contribution in [0.3, 0.4) is 0 Å². The van der Waals surface area contributed by atoms with Gasteiger partial charge in [-0.3, -0.25) is 9.11 Å². The van der Waals surface area contributed by atoms with Gasteiger partial charge in [0.05, 0.1) is 0 Å². The quantitative estimate of drug-likeness (QED) is 0.204. The second kappa shape index (κ2) is 6.21. The Morgan fingerprint density at radius 1 is 1.00 bits per heavy atom. The van der Waals surface area contributed by atoms with Crippen molar-refractivity contribution in [2.75, 3.05) is 0 Å². The van der Waals surface area contributed by atoms with Crippen LogP contribution in [-0.2, 0) is 36.0 Å². The van der Waals surface area contributed by atoms with E-state index in [1.807, 2.05) is 0 Å². The molecule has 0 unspecified atom stereocenters. The third-order valence-corrected chi connectivity index (χ3v) is 0. The molecule has 0 atom stereocenters. The number of hydrogen-bond acceptors (Lipinski definition) is 3. The van der Waals surface area contributed by atoms with Gasteiger partial charge in [-0.25, -0.2) is 4.57 Å². The molecule has 0 saturated carbocycles. The molecule has 11 heteroatoms. The maximum atomic E-state index is 8.88. The van der Waals surface area contributed by atoms with E-state index < -0.39 is 18.2 Å². The van der Waals surface area contributed by atoms with Gasteiger partial charge in [0, 0.05) is 21.1 Å². The minimum atomic E-state index is -4.67. The van der Waals surface area contributed by atoms with Crippen molar-refractivity contribution < 1.29 is 57.8 Å². The molecule has 0 aliphatic carbocycles. The fourth-order valence-corrected chi connectivity index (χ4v) is 0. The molecule has 0 rings (SSSR count). The zero-order valence-corrected chi connectivity index (χ0v) is 8.44. The van der Waals surface area contributed by atoms with E-state index in [4.69, 9.17) is 36.8 Å².